The molecule has 4 nitrogen and oxygen atoms in total. The Morgan fingerprint density at radius 3 is 2.40 bits per heavy atom. The maximum absolute atomic E-state index is 6.88. The van der Waals surface area contributed by atoms with Crippen molar-refractivity contribution in [3.05, 3.63) is 229 Å². The van der Waals surface area contributed by atoms with Crippen LogP contribution < -0.4 is 5.73 Å². The Balaban J connectivity index is 1.08. The number of hydrogen-bond donors (Lipinski definition) is 1. The SMILES string of the molecule is C=C1CC/C=C\N(C2=C(c3cccc4c5ccccc5n(C5=CC=CCC5)c34)C=CCC2)/C=C\C(c2ccc(/C(N)=C/C(=N\Cc3ccccc3)C3C=CC=CC3)cc2)=C/C1C. The lowest BCUT2D eigenvalue weighted by molar-refractivity contribution is 0.588. The Morgan fingerprint density at radius 2 is 1.58 bits per heavy atom. The summed E-state index contributed by atoms with van der Waals surface area (Å²) in [5.41, 5.74) is 22.0. The van der Waals surface area contributed by atoms with Crippen LogP contribution in [0.15, 0.2) is 211 Å². The predicted octanol–water partition coefficient (Wildman–Crippen LogP) is 14.5. The van der Waals surface area contributed by atoms with Crippen LogP contribution in [0.4, 0.5) is 0 Å². The second kappa shape index (κ2) is 18.8. The van der Waals surface area contributed by atoms with Crippen molar-refractivity contribution in [2.45, 2.75) is 58.4 Å². The average Bonchev–Trinajstić information content (AvgIpc) is 3.66. The van der Waals surface area contributed by atoms with E-state index in [1.54, 1.807) is 0 Å². The largest absolute Gasteiger partial charge is 0.398 e. The zero-order valence-corrected chi connectivity index (χ0v) is 35.8. The number of nitrogens with two attached hydrogens (primary N) is 1. The highest BCUT2D eigenvalue weighted by atomic mass is 15.1. The van der Waals surface area contributed by atoms with Gasteiger partial charge in [-0.25, -0.2) is 0 Å². The number of allylic oxidation sites excluding steroid dienone is 18. The molecular weight excluding hydrogens is 753 g/mol. The van der Waals surface area contributed by atoms with E-state index in [1.807, 2.05) is 6.07 Å². The minimum atomic E-state index is 0.190. The van der Waals surface area contributed by atoms with Crippen molar-refractivity contribution in [1.82, 2.24) is 9.47 Å². The number of rotatable bonds is 9. The lowest BCUT2D eigenvalue weighted by Gasteiger charge is -2.26. The number of aromatic nitrogens is 1. The van der Waals surface area contributed by atoms with Crippen LogP contribution in [-0.4, -0.2) is 15.2 Å². The van der Waals surface area contributed by atoms with Gasteiger partial charge in [0.15, 0.2) is 0 Å². The molecule has 1 aromatic heterocycles. The predicted molar refractivity (Wildman–Crippen MR) is 266 cm³/mol. The van der Waals surface area contributed by atoms with Crippen molar-refractivity contribution in [2.24, 2.45) is 22.6 Å². The Hall–Kier alpha value is -6.91. The van der Waals surface area contributed by atoms with Crippen molar-refractivity contribution < 1.29 is 0 Å². The third kappa shape index (κ3) is 8.78. The first-order valence-corrected chi connectivity index (χ1v) is 22.3. The van der Waals surface area contributed by atoms with E-state index in [2.05, 4.69) is 205 Å². The Bertz CT molecular complexity index is 2820. The molecule has 9 rings (SSSR count). The monoisotopic (exact) mass is 808 g/mol. The lowest BCUT2D eigenvalue weighted by atomic mass is 9.92. The molecule has 0 radical (unpaired) electrons. The molecule has 308 valence electrons. The van der Waals surface area contributed by atoms with E-state index < -0.39 is 0 Å². The van der Waals surface area contributed by atoms with E-state index in [4.69, 9.17) is 10.7 Å². The fourth-order valence-electron chi connectivity index (χ4n) is 9.12. The molecule has 0 saturated heterocycles. The van der Waals surface area contributed by atoms with Crippen molar-refractivity contribution >= 4 is 50.1 Å². The van der Waals surface area contributed by atoms with Crippen LogP contribution >= 0.6 is 0 Å². The summed E-state index contributed by atoms with van der Waals surface area (Å²) in [5, 5.41) is 2.58. The Kier molecular flexibility index (Phi) is 12.3. The number of nitrogens with zero attached hydrogens (tertiary/aromatic N) is 3. The van der Waals surface area contributed by atoms with Crippen LogP contribution in [0.25, 0.3) is 44.3 Å². The smallest absolute Gasteiger partial charge is 0.0643 e. The molecule has 2 unspecified atom stereocenters. The second-order valence-corrected chi connectivity index (χ2v) is 16.8. The van der Waals surface area contributed by atoms with E-state index in [0.717, 1.165) is 67.4 Å². The highest BCUT2D eigenvalue weighted by Gasteiger charge is 2.22. The van der Waals surface area contributed by atoms with Gasteiger partial charge in [0, 0.05) is 63.0 Å². The maximum atomic E-state index is 6.88. The van der Waals surface area contributed by atoms with Gasteiger partial charge in [0.25, 0.3) is 0 Å². The van der Waals surface area contributed by atoms with Gasteiger partial charge in [-0.15, -0.1) is 0 Å². The third-order valence-electron chi connectivity index (χ3n) is 12.6. The molecule has 0 bridgehead atoms. The topological polar surface area (TPSA) is 46.5 Å². The van der Waals surface area contributed by atoms with Crippen LogP contribution in [0.2, 0.25) is 0 Å². The molecule has 0 amide bonds. The molecule has 1 aliphatic heterocycles. The highest BCUT2D eigenvalue weighted by Crippen LogP contribution is 2.41. The van der Waals surface area contributed by atoms with Gasteiger partial charge in [0.05, 0.1) is 17.6 Å². The summed E-state index contributed by atoms with van der Waals surface area (Å²) >= 11 is 0. The highest BCUT2D eigenvalue weighted by molar-refractivity contribution is 6.14. The summed E-state index contributed by atoms with van der Waals surface area (Å²) in [4.78, 5) is 7.45. The number of fused-ring (bicyclic) bond motifs is 3. The van der Waals surface area contributed by atoms with Crippen LogP contribution in [-0.2, 0) is 6.54 Å². The fourth-order valence-corrected chi connectivity index (χ4v) is 9.12. The first-order chi connectivity index (χ1) is 30.5. The van der Waals surface area contributed by atoms with Gasteiger partial charge < -0.3 is 15.2 Å². The molecule has 0 saturated carbocycles. The summed E-state index contributed by atoms with van der Waals surface area (Å²) in [6.45, 7) is 7.41. The normalized spacial score (nSPS) is 21.8. The van der Waals surface area contributed by atoms with E-state index in [1.165, 1.54) is 55.5 Å². The molecule has 0 spiro atoms. The van der Waals surface area contributed by atoms with Crippen LogP contribution in [0.1, 0.15) is 74.1 Å². The maximum Gasteiger partial charge on any atom is 0.0643 e. The lowest BCUT2D eigenvalue weighted by Crippen LogP contribution is -2.14. The number of para-hydroxylation sites is 2. The Morgan fingerprint density at radius 1 is 0.774 bits per heavy atom. The quantitative estimate of drug-likeness (QED) is 0.119. The van der Waals surface area contributed by atoms with Crippen molar-refractivity contribution in [3.63, 3.8) is 0 Å². The minimum absolute atomic E-state index is 0.190. The van der Waals surface area contributed by atoms with Crippen LogP contribution in [0.3, 0.4) is 0 Å². The molecule has 0 fully saturated rings. The molecule has 2 N–H and O–H groups in total. The van der Waals surface area contributed by atoms with Crippen molar-refractivity contribution in [2.75, 3.05) is 0 Å². The number of benzene rings is 4. The van der Waals surface area contributed by atoms with E-state index in [9.17, 15) is 0 Å². The van der Waals surface area contributed by atoms with E-state index in [0.29, 0.717) is 12.2 Å². The van der Waals surface area contributed by atoms with E-state index in [-0.39, 0.29) is 11.8 Å². The first kappa shape index (κ1) is 40.5. The Labute approximate surface area is 367 Å². The molecular formula is C58H56N4. The molecule has 4 aromatic carbocycles. The first-order valence-electron chi connectivity index (χ1n) is 22.3. The van der Waals surface area contributed by atoms with Gasteiger partial charge in [0.1, 0.15) is 0 Å². The average molecular weight is 809 g/mol. The minimum Gasteiger partial charge on any atom is -0.398 e. The van der Waals surface area contributed by atoms with Crippen molar-refractivity contribution in [3.8, 4) is 0 Å². The standard InChI is InChI=1S/C58H56N4/c1-42-19-16-17-37-61(56-30-14-12-26-50(56)52-28-18-29-53-51-27-13-15-31-57(51)62(58(52)53)49-24-10-5-11-25-49)38-36-48(39-43(42)2)45-32-34-46(35-33-45)54(59)40-55(47-22-8-4-9-23-47)60-41-44-20-6-3-7-21-44/h3-10,12-13,15,17-18,20-22,24,26-29,31-40,43,47H,1,11,14,16,19,23,25,30,41,59H2,2H3/b37-17-,38-36-,48-39+,54-40-,60-55+. The molecule has 4 aliphatic rings. The van der Waals surface area contributed by atoms with Gasteiger partial charge >= 0.3 is 0 Å². The summed E-state index contributed by atoms with van der Waals surface area (Å²) in [6, 6.07) is 34.8. The van der Waals surface area contributed by atoms with Crippen LogP contribution in [0.5, 0.6) is 0 Å². The zero-order valence-electron chi connectivity index (χ0n) is 35.8. The molecule has 3 aliphatic carbocycles. The summed E-state index contributed by atoms with van der Waals surface area (Å²) in [6.07, 6.45) is 40.5. The van der Waals surface area contributed by atoms with Gasteiger partial charge in [-0.1, -0.05) is 171 Å². The molecule has 4 heteroatoms. The number of aliphatic imine (C=N–C) groups is 1. The summed E-state index contributed by atoms with van der Waals surface area (Å²) < 4.78 is 2.53. The third-order valence-corrected chi connectivity index (χ3v) is 12.6. The van der Waals surface area contributed by atoms with Crippen molar-refractivity contribution in [1.29, 1.82) is 0 Å². The molecule has 2 atom stereocenters. The number of hydrogen-bond acceptors (Lipinski definition) is 3. The summed E-state index contributed by atoms with van der Waals surface area (Å²) in [7, 11) is 0. The van der Waals surface area contributed by atoms with E-state index >= 15 is 0 Å². The molecule has 62 heavy (non-hydrogen) atoms. The van der Waals surface area contributed by atoms with Gasteiger partial charge in [-0.05, 0) is 97.4 Å². The van der Waals surface area contributed by atoms with Crippen LogP contribution in [0, 0.1) is 11.8 Å². The summed E-state index contributed by atoms with van der Waals surface area (Å²) in [5.74, 6) is 0.409. The van der Waals surface area contributed by atoms with Gasteiger partial charge in [-0.2, -0.15) is 0 Å². The molecule has 5 aromatic rings. The molecule has 2 heterocycles. The van der Waals surface area contributed by atoms with Gasteiger partial charge in [-0.3, -0.25) is 4.99 Å². The van der Waals surface area contributed by atoms with Gasteiger partial charge in [0.2, 0.25) is 0 Å². The second-order valence-electron chi connectivity index (χ2n) is 16.8. The zero-order chi connectivity index (χ0) is 42.3. The fraction of sp³-hybridized carbons (Fsp3) is 0.190.